The molecule has 0 bridgehead atoms. The van der Waals surface area contributed by atoms with Crippen LogP contribution in [-0.4, -0.2) is 72.7 Å². The summed E-state index contributed by atoms with van der Waals surface area (Å²) >= 11 is 6.04. The van der Waals surface area contributed by atoms with Crippen molar-refractivity contribution >= 4 is 23.5 Å². The lowest BCUT2D eigenvalue weighted by atomic mass is 10.1. The molecule has 1 aliphatic carbocycles. The first kappa shape index (κ1) is 18.2. The van der Waals surface area contributed by atoms with E-state index >= 15 is 0 Å². The fraction of sp³-hybridized carbons (Fsp3) is 0.556. The number of rotatable bonds is 6. The molecule has 1 N–H and O–H groups in total. The third-order valence-corrected chi connectivity index (χ3v) is 4.99. The predicted octanol–water partition coefficient (Wildman–Crippen LogP) is 1.69. The number of amides is 1. The Morgan fingerprint density at radius 3 is 2.96 bits per heavy atom. The van der Waals surface area contributed by atoms with Crippen molar-refractivity contribution in [3.8, 4) is 0 Å². The van der Waals surface area contributed by atoms with E-state index in [2.05, 4.69) is 0 Å². The molecule has 0 unspecified atom stereocenters. The zero-order valence-electron chi connectivity index (χ0n) is 14.2. The smallest absolute Gasteiger partial charge is 0.317 e. The van der Waals surface area contributed by atoms with Crippen LogP contribution in [-0.2, 0) is 14.3 Å². The normalized spacial score (nSPS) is 25.9. The summed E-state index contributed by atoms with van der Waals surface area (Å²) in [6.07, 6.45) is 0.713. The number of carbonyl (C=O) groups excluding carboxylic acids is 1. The Bertz CT molecular complexity index is 654. The number of morpholine rings is 1. The maximum Gasteiger partial charge on any atom is 0.317 e. The van der Waals surface area contributed by atoms with Crippen LogP contribution in [0.2, 0.25) is 5.02 Å². The summed E-state index contributed by atoms with van der Waals surface area (Å²) in [6.45, 7) is 2.07. The lowest BCUT2D eigenvalue weighted by molar-refractivity contribution is -0.143. The second-order valence-electron chi connectivity index (χ2n) is 6.87. The van der Waals surface area contributed by atoms with Gasteiger partial charge in [0.15, 0.2) is 0 Å². The molecule has 136 valence electrons. The van der Waals surface area contributed by atoms with Gasteiger partial charge in [-0.3, -0.25) is 14.5 Å². The van der Waals surface area contributed by atoms with Gasteiger partial charge in [0, 0.05) is 30.6 Å². The van der Waals surface area contributed by atoms with Crippen LogP contribution in [0.5, 0.6) is 0 Å². The summed E-state index contributed by atoms with van der Waals surface area (Å²) in [4.78, 5) is 27.1. The number of carbonyl (C=O) groups is 2. The molecule has 1 saturated carbocycles. The molecule has 0 radical (unpaired) electrons. The first-order chi connectivity index (χ1) is 11.9. The van der Waals surface area contributed by atoms with E-state index in [1.165, 1.54) is 0 Å². The summed E-state index contributed by atoms with van der Waals surface area (Å²) in [5.41, 5.74) is 1.12. The average Bonchev–Trinajstić information content (AvgIpc) is 3.34. The molecule has 6 nitrogen and oxygen atoms in total. The lowest BCUT2D eigenvalue weighted by Crippen LogP contribution is -2.50. The predicted molar refractivity (Wildman–Crippen MR) is 93.8 cm³/mol. The van der Waals surface area contributed by atoms with Crippen molar-refractivity contribution in [2.45, 2.75) is 18.4 Å². The monoisotopic (exact) mass is 366 g/mol. The largest absolute Gasteiger partial charge is 0.480 e. The number of hydrogen-bond donors (Lipinski definition) is 1. The molecule has 0 spiro atoms. The van der Waals surface area contributed by atoms with E-state index in [9.17, 15) is 9.59 Å². The first-order valence-corrected chi connectivity index (χ1v) is 8.88. The molecule has 0 aromatic heterocycles. The third-order valence-electron chi connectivity index (χ3n) is 4.76. The number of benzene rings is 1. The maximum absolute atomic E-state index is 12.8. The molecule has 1 aromatic carbocycles. The molecule has 1 aliphatic heterocycles. The minimum atomic E-state index is -0.867. The summed E-state index contributed by atoms with van der Waals surface area (Å²) < 4.78 is 5.69. The van der Waals surface area contributed by atoms with Crippen LogP contribution in [0.15, 0.2) is 24.3 Å². The number of likely N-dealkylation sites (N-methyl/N-ethyl adjacent to an activating group) is 1. The van der Waals surface area contributed by atoms with Gasteiger partial charge < -0.3 is 14.7 Å². The highest BCUT2D eigenvalue weighted by atomic mass is 35.5. The molecule has 1 saturated heterocycles. The van der Waals surface area contributed by atoms with Crippen molar-refractivity contribution in [1.29, 1.82) is 0 Å². The summed E-state index contributed by atoms with van der Waals surface area (Å²) in [5.74, 6) is -0.427. The van der Waals surface area contributed by atoms with Crippen molar-refractivity contribution in [2.24, 2.45) is 5.92 Å². The average molecular weight is 367 g/mol. The molecular formula is C18H23ClN2O4. The molecule has 1 amide bonds. The van der Waals surface area contributed by atoms with Gasteiger partial charge in [-0.1, -0.05) is 23.7 Å². The number of carboxylic acids is 1. The molecule has 1 aromatic rings. The Kier molecular flexibility index (Phi) is 5.61. The highest BCUT2D eigenvalue weighted by molar-refractivity contribution is 6.30. The minimum Gasteiger partial charge on any atom is -0.480 e. The Labute approximate surface area is 152 Å². The molecule has 3 atom stereocenters. The topological polar surface area (TPSA) is 70.1 Å². The summed E-state index contributed by atoms with van der Waals surface area (Å²) in [7, 11) is 1.74. The number of aliphatic carboxylic acids is 1. The van der Waals surface area contributed by atoms with Gasteiger partial charge in [0.2, 0.25) is 5.91 Å². The Hall–Kier alpha value is -1.63. The third kappa shape index (κ3) is 4.71. The number of halogens is 1. The summed E-state index contributed by atoms with van der Waals surface area (Å²) in [6, 6.07) is 7.71. The van der Waals surface area contributed by atoms with Gasteiger partial charge in [0.05, 0.1) is 19.3 Å². The van der Waals surface area contributed by atoms with Crippen LogP contribution in [0.4, 0.5) is 0 Å². The summed E-state index contributed by atoms with van der Waals surface area (Å²) in [5, 5.41) is 9.53. The molecule has 2 fully saturated rings. The van der Waals surface area contributed by atoms with Crippen LogP contribution in [0.3, 0.4) is 0 Å². The SMILES string of the molecule is CN(CC(=O)O)C[C@@H]1CN(C(=O)[C@H]2C[C@@H]2c2cccc(Cl)c2)CCO1. The highest BCUT2D eigenvalue weighted by Gasteiger charge is 2.46. The van der Waals surface area contributed by atoms with Gasteiger partial charge >= 0.3 is 5.97 Å². The lowest BCUT2D eigenvalue weighted by Gasteiger charge is -2.34. The second kappa shape index (κ2) is 7.72. The van der Waals surface area contributed by atoms with Gasteiger partial charge in [-0.15, -0.1) is 0 Å². The van der Waals surface area contributed by atoms with Gasteiger partial charge in [0.1, 0.15) is 0 Å². The van der Waals surface area contributed by atoms with Crippen LogP contribution in [0.1, 0.15) is 17.9 Å². The molecular weight excluding hydrogens is 344 g/mol. The molecule has 25 heavy (non-hydrogen) atoms. The highest BCUT2D eigenvalue weighted by Crippen LogP contribution is 2.49. The standard InChI is InChI=1S/C18H23ClN2O4/c1-20(11-17(22)23)9-14-10-21(5-6-25-14)18(24)16-8-15(16)12-3-2-4-13(19)7-12/h2-4,7,14-16H,5-6,8-11H2,1H3,(H,22,23)/t14-,15-,16+/m1/s1. The molecule has 3 rings (SSSR count). The molecule has 7 heteroatoms. The quantitative estimate of drug-likeness (QED) is 0.829. The van der Waals surface area contributed by atoms with Gasteiger partial charge in [0.25, 0.3) is 0 Å². The van der Waals surface area contributed by atoms with Crippen LogP contribution in [0, 0.1) is 5.92 Å². The van der Waals surface area contributed by atoms with E-state index in [1.54, 1.807) is 11.9 Å². The zero-order chi connectivity index (χ0) is 18.0. The van der Waals surface area contributed by atoms with Crippen molar-refractivity contribution < 1.29 is 19.4 Å². The maximum atomic E-state index is 12.8. The van der Waals surface area contributed by atoms with E-state index in [0.29, 0.717) is 31.3 Å². The van der Waals surface area contributed by atoms with E-state index in [1.807, 2.05) is 29.2 Å². The van der Waals surface area contributed by atoms with Gasteiger partial charge in [-0.05, 0) is 37.1 Å². The van der Waals surface area contributed by atoms with Crippen LogP contribution in [0.25, 0.3) is 0 Å². The van der Waals surface area contributed by atoms with Crippen molar-refractivity contribution in [3.05, 3.63) is 34.9 Å². The fourth-order valence-electron chi connectivity index (χ4n) is 3.48. The van der Waals surface area contributed by atoms with E-state index in [4.69, 9.17) is 21.4 Å². The number of carboxylic acid groups (broad SMARTS) is 1. The Morgan fingerprint density at radius 1 is 1.44 bits per heavy atom. The Morgan fingerprint density at radius 2 is 2.24 bits per heavy atom. The van der Waals surface area contributed by atoms with Gasteiger partial charge in [-0.25, -0.2) is 0 Å². The van der Waals surface area contributed by atoms with E-state index in [0.717, 1.165) is 12.0 Å². The van der Waals surface area contributed by atoms with Crippen LogP contribution >= 0.6 is 11.6 Å². The van der Waals surface area contributed by atoms with Gasteiger partial charge in [-0.2, -0.15) is 0 Å². The molecule has 1 heterocycles. The first-order valence-electron chi connectivity index (χ1n) is 8.50. The van der Waals surface area contributed by atoms with E-state index < -0.39 is 5.97 Å². The van der Waals surface area contributed by atoms with E-state index in [-0.39, 0.29) is 30.4 Å². The zero-order valence-corrected chi connectivity index (χ0v) is 15.0. The molecule has 2 aliphatic rings. The number of ether oxygens (including phenoxy) is 1. The van der Waals surface area contributed by atoms with Crippen molar-refractivity contribution in [1.82, 2.24) is 9.80 Å². The number of nitrogens with zero attached hydrogens (tertiary/aromatic N) is 2. The van der Waals surface area contributed by atoms with Crippen molar-refractivity contribution in [2.75, 3.05) is 39.8 Å². The second-order valence-corrected chi connectivity index (χ2v) is 7.31. The van der Waals surface area contributed by atoms with Crippen LogP contribution < -0.4 is 0 Å². The number of hydrogen-bond acceptors (Lipinski definition) is 4. The van der Waals surface area contributed by atoms with Crippen molar-refractivity contribution in [3.63, 3.8) is 0 Å². The minimum absolute atomic E-state index is 0.0222. The fourth-order valence-corrected chi connectivity index (χ4v) is 3.68. The Balaban J connectivity index is 1.53.